The topological polar surface area (TPSA) is 105 Å². The molecular weight excluding hydrogens is 352 g/mol. The lowest BCUT2D eigenvalue weighted by atomic mass is 10.1. The summed E-state index contributed by atoms with van der Waals surface area (Å²) in [7, 11) is 0. The summed E-state index contributed by atoms with van der Waals surface area (Å²) in [6, 6.07) is 5.88. The number of rotatable bonds is 6. The van der Waals surface area contributed by atoms with Gasteiger partial charge in [-0.1, -0.05) is 0 Å². The molecule has 2 saturated heterocycles. The number of nitrogens with zero attached hydrogens (tertiary/aromatic N) is 1. The Labute approximate surface area is 157 Å². The molecule has 2 amide bonds. The number of hydrogen-bond donors (Lipinski definition) is 2. The van der Waals surface area contributed by atoms with E-state index in [2.05, 4.69) is 5.32 Å². The quantitative estimate of drug-likeness (QED) is 0.769. The number of carboxylic acids is 1. The average molecular weight is 376 g/mol. The molecule has 2 heterocycles. The fourth-order valence-electron chi connectivity index (χ4n) is 3.30. The molecule has 2 aliphatic heterocycles. The van der Waals surface area contributed by atoms with Crippen molar-refractivity contribution in [3.05, 3.63) is 29.8 Å². The summed E-state index contributed by atoms with van der Waals surface area (Å²) in [4.78, 5) is 36.8. The molecular formula is C19H24N2O6. The summed E-state index contributed by atoms with van der Waals surface area (Å²) in [5, 5.41) is 11.9. The van der Waals surface area contributed by atoms with Crippen molar-refractivity contribution in [2.45, 2.75) is 37.8 Å². The number of carboxylic acid groups (broad SMARTS) is 1. The number of nitrogens with one attached hydrogen (secondary N) is 1. The second kappa shape index (κ2) is 8.85. The van der Waals surface area contributed by atoms with Gasteiger partial charge in [-0.25, -0.2) is 4.79 Å². The van der Waals surface area contributed by atoms with E-state index in [4.69, 9.17) is 14.6 Å². The molecule has 0 aliphatic carbocycles. The van der Waals surface area contributed by atoms with Crippen LogP contribution < -0.4 is 10.1 Å². The van der Waals surface area contributed by atoms with Gasteiger partial charge in [0.05, 0.1) is 24.8 Å². The highest BCUT2D eigenvalue weighted by molar-refractivity contribution is 5.87. The summed E-state index contributed by atoms with van der Waals surface area (Å²) in [5.74, 6) is -0.664. The van der Waals surface area contributed by atoms with Crippen molar-refractivity contribution in [3.63, 3.8) is 0 Å². The van der Waals surface area contributed by atoms with Gasteiger partial charge in [0.1, 0.15) is 11.9 Å². The molecule has 0 saturated carbocycles. The summed E-state index contributed by atoms with van der Waals surface area (Å²) in [6.45, 7) is 1.53. The first kappa shape index (κ1) is 19.2. The standard InChI is InChI=1S/C19H24N2O6/c22-17(11-21-9-2-1-3-18(21)23)20-15-8-10-26-12-16(15)27-14-6-4-13(5-7-14)19(24)25/h4-7,15-16H,1-3,8-12H2,(H,20,22)(H,24,25)/t15-,16-/m1/s1. The van der Waals surface area contributed by atoms with Gasteiger partial charge >= 0.3 is 5.97 Å². The number of benzene rings is 1. The van der Waals surface area contributed by atoms with Crippen molar-refractivity contribution < 1.29 is 29.0 Å². The second-order valence-electron chi connectivity index (χ2n) is 6.80. The van der Waals surface area contributed by atoms with Crippen LogP contribution in [0.5, 0.6) is 5.75 Å². The first-order valence-electron chi connectivity index (χ1n) is 9.18. The zero-order valence-corrected chi connectivity index (χ0v) is 15.1. The minimum Gasteiger partial charge on any atom is -0.486 e. The van der Waals surface area contributed by atoms with Crippen LogP contribution in [-0.4, -0.2) is 66.2 Å². The number of hydrogen-bond acceptors (Lipinski definition) is 5. The van der Waals surface area contributed by atoms with Crippen molar-refractivity contribution in [2.24, 2.45) is 0 Å². The number of likely N-dealkylation sites (tertiary alicyclic amines) is 1. The Morgan fingerprint density at radius 3 is 2.74 bits per heavy atom. The molecule has 2 aliphatic rings. The highest BCUT2D eigenvalue weighted by Gasteiger charge is 2.30. The predicted molar refractivity (Wildman–Crippen MR) is 95.6 cm³/mol. The molecule has 0 radical (unpaired) electrons. The van der Waals surface area contributed by atoms with E-state index in [0.717, 1.165) is 12.8 Å². The van der Waals surface area contributed by atoms with E-state index in [9.17, 15) is 14.4 Å². The fraction of sp³-hybridized carbons (Fsp3) is 0.526. The van der Waals surface area contributed by atoms with Crippen LogP contribution in [0.3, 0.4) is 0 Å². The van der Waals surface area contributed by atoms with Crippen molar-refractivity contribution in [1.29, 1.82) is 0 Å². The van der Waals surface area contributed by atoms with E-state index in [-0.39, 0.29) is 36.1 Å². The lowest BCUT2D eigenvalue weighted by Crippen LogP contribution is -2.54. The average Bonchev–Trinajstić information content (AvgIpc) is 2.66. The SMILES string of the molecule is O=C(CN1CCCCC1=O)N[C@@H]1CCOC[C@H]1Oc1ccc(C(=O)O)cc1. The molecule has 0 unspecified atom stereocenters. The number of piperidine rings is 1. The molecule has 0 spiro atoms. The van der Waals surface area contributed by atoms with Gasteiger partial charge < -0.3 is 24.8 Å². The van der Waals surface area contributed by atoms with Crippen molar-refractivity contribution in [1.82, 2.24) is 10.2 Å². The summed E-state index contributed by atoms with van der Waals surface area (Å²) >= 11 is 0. The Bertz CT molecular complexity index is 690. The maximum atomic E-state index is 12.4. The highest BCUT2D eigenvalue weighted by atomic mass is 16.5. The van der Waals surface area contributed by atoms with E-state index in [1.165, 1.54) is 12.1 Å². The van der Waals surface area contributed by atoms with Gasteiger partial charge in [0, 0.05) is 19.6 Å². The molecule has 2 N–H and O–H groups in total. The largest absolute Gasteiger partial charge is 0.486 e. The molecule has 146 valence electrons. The van der Waals surface area contributed by atoms with E-state index in [1.807, 2.05) is 0 Å². The lowest BCUT2D eigenvalue weighted by Gasteiger charge is -2.33. The zero-order valence-electron chi connectivity index (χ0n) is 15.1. The van der Waals surface area contributed by atoms with Gasteiger partial charge in [-0.2, -0.15) is 0 Å². The maximum absolute atomic E-state index is 12.4. The molecule has 8 nitrogen and oxygen atoms in total. The van der Waals surface area contributed by atoms with E-state index < -0.39 is 5.97 Å². The molecule has 8 heteroatoms. The van der Waals surface area contributed by atoms with E-state index in [1.54, 1.807) is 17.0 Å². The predicted octanol–water partition coefficient (Wildman–Crippen LogP) is 1.05. The first-order valence-corrected chi connectivity index (χ1v) is 9.18. The Hall–Kier alpha value is -2.61. The Kier molecular flexibility index (Phi) is 6.28. The summed E-state index contributed by atoms with van der Waals surface area (Å²) in [6.07, 6.45) is 2.54. The number of ether oxygens (including phenoxy) is 2. The third-order valence-electron chi connectivity index (χ3n) is 4.80. The third-order valence-corrected chi connectivity index (χ3v) is 4.80. The fourth-order valence-corrected chi connectivity index (χ4v) is 3.30. The van der Waals surface area contributed by atoms with Crippen molar-refractivity contribution in [2.75, 3.05) is 26.3 Å². The molecule has 0 bridgehead atoms. The number of carbonyl (C=O) groups excluding carboxylic acids is 2. The zero-order chi connectivity index (χ0) is 19.2. The van der Waals surface area contributed by atoms with Crippen LogP contribution in [0.2, 0.25) is 0 Å². The van der Waals surface area contributed by atoms with Crippen LogP contribution in [0, 0.1) is 0 Å². The first-order chi connectivity index (χ1) is 13.0. The Morgan fingerprint density at radius 2 is 2.04 bits per heavy atom. The molecule has 0 aromatic heterocycles. The highest BCUT2D eigenvalue weighted by Crippen LogP contribution is 2.19. The van der Waals surface area contributed by atoms with Gasteiger partial charge in [0.25, 0.3) is 0 Å². The molecule has 3 rings (SSSR count). The van der Waals surface area contributed by atoms with Crippen molar-refractivity contribution >= 4 is 17.8 Å². The summed E-state index contributed by atoms with van der Waals surface area (Å²) in [5.41, 5.74) is 0.179. The van der Waals surface area contributed by atoms with Crippen LogP contribution in [0.4, 0.5) is 0 Å². The Balaban J connectivity index is 1.57. The normalized spacial score (nSPS) is 23.0. The van der Waals surface area contributed by atoms with Crippen LogP contribution in [0.25, 0.3) is 0 Å². The smallest absolute Gasteiger partial charge is 0.335 e. The molecule has 27 heavy (non-hydrogen) atoms. The number of aromatic carboxylic acids is 1. The van der Waals surface area contributed by atoms with Crippen molar-refractivity contribution in [3.8, 4) is 5.75 Å². The number of carbonyl (C=O) groups is 3. The lowest BCUT2D eigenvalue weighted by molar-refractivity contribution is -0.138. The molecule has 2 fully saturated rings. The summed E-state index contributed by atoms with van der Waals surface area (Å²) < 4.78 is 11.4. The van der Waals surface area contributed by atoms with Gasteiger partial charge in [-0.3, -0.25) is 9.59 Å². The minimum absolute atomic E-state index is 0.0229. The monoisotopic (exact) mass is 376 g/mol. The van der Waals surface area contributed by atoms with Gasteiger partial charge in [0.15, 0.2) is 0 Å². The van der Waals surface area contributed by atoms with E-state index in [0.29, 0.717) is 38.3 Å². The van der Waals surface area contributed by atoms with Gasteiger partial charge in [-0.05, 0) is 43.5 Å². The Morgan fingerprint density at radius 1 is 1.26 bits per heavy atom. The minimum atomic E-state index is -1.00. The molecule has 2 atom stereocenters. The van der Waals surface area contributed by atoms with Crippen LogP contribution in [0.15, 0.2) is 24.3 Å². The van der Waals surface area contributed by atoms with Crippen LogP contribution in [-0.2, 0) is 14.3 Å². The maximum Gasteiger partial charge on any atom is 0.335 e. The number of amides is 2. The van der Waals surface area contributed by atoms with Gasteiger partial charge in [0.2, 0.25) is 11.8 Å². The van der Waals surface area contributed by atoms with Gasteiger partial charge in [-0.15, -0.1) is 0 Å². The second-order valence-corrected chi connectivity index (χ2v) is 6.80. The van der Waals surface area contributed by atoms with E-state index >= 15 is 0 Å². The third kappa shape index (κ3) is 5.19. The molecule has 1 aromatic rings. The van der Waals surface area contributed by atoms with Crippen LogP contribution >= 0.6 is 0 Å². The molecule has 1 aromatic carbocycles. The van der Waals surface area contributed by atoms with Crippen LogP contribution in [0.1, 0.15) is 36.0 Å².